The SMILES string of the molecule is COCCc1noc(COC2CCN(C(=O)Cc3ccccc3C)CC2)n1. The lowest BCUT2D eigenvalue weighted by Gasteiger charge is -2.32. The average Bonchev–Trinajstić information content (AvgIpc) is 3.15. The Morgan fingerprint density at radius 1 is 1.30 bits per heavy atom. The van der Waals surface area contributed by atoms with E-state index in [2.05, 4.69) is 10.1 Å². The molecule has 0 radical (unpaired) electrons. The standard InChI is InChI=1S/C20H27N3O4/c1-15-5-3-4-6-16(15)13-20(24)23-10-7-17(8-11-23)26-14-19-21-18(22-27-19)9-12-25-2/h3-6,17H,7-14H2,1-2H3. The van der Waals surface area contributed by atoms with Crippen molar-refractivity contribution in [3.63, 3.8) is 0 Å². The van der Waals surface area contributed by atoms with E-state index >= 15 is 0 Å². The summed E-state index contributed by atoms with van der Waals surface area (Å²) in [4.78, 5) is 18.8. The Hall–Kier alpha value is -2.25. The van der Waals surface area contributed by atoms with Gasteiger partial charge in [-0.05, 0) is 30.9 Å². The number of aromatic nitrogens is 2. The zero-order valence-electron chi connectivity index (χ0n) is 16.0. The van der Waals surface area contributed by atoms with Crippen LogP contribution in [0, 0.1) is 6.92 Å². The first-order chi connectivity index (χ1) is 13.2. The Labute approximate surface area is 159 Å². The number of aryl methyl sites for hydroxylation is 1. The monoisotopic (exact) mass is 373 g/mol. The summed E-state index contributed by atoms with van der Waals surface area (Å²) >= 11 is 0. The highest BCUT2D eigenvalue weighted by Gasteiger charge is 2.24. The summed E-state index contributed by atoms with van der Waals surface area (Å²) in [5, 5.41) is 3.90. The lowest BCUT2D eigenvalue weighted by molar-refractivity contribution is -0.133. The average molecular weight is 373 g/mol. The summed E-state index contributed by atoms with van der Waals surface area (Å²) < 4.78 is 16.1. The molecule has 0 unspecified atom stereocenters. The van der Waals surface area contributed by atoms with Gasteiger partial charge in [-0.3, -0.25) is 4.79 Å². The van der Waals surface area contributed by atoms with Gasteiger partial charge < -0.3 is 18.9 Å². The molecule has 7 heteroatoms. The molecule has 0 saturated carbocycles. The molecule has 0 N–H and O–H groups in total. The molecule has 1 aromatic carbocycles. The smallest absolute Gasteiger partial charge is 0.252 e. The van der Waals surface area contributed by atoms with Crippen molar-refractivity contribution in [1.29, 1.82) is 0 Å². The highest BCUT2D eigenvalue weighted by Crippen LogP contribution is 2.17. The third kappa shape index (κ3) is 5.61. The molecule has 0 aliphatic carbocycles. The number of ether oxygens (including phenoxy) is 2. The van der Waals surface area contributed by atoms with Gasteiger partial charge in [-0.1, -0.05) is 29.4 Å². The second kappa shape index (κ2) is 9.62. The van der Waals surface area contributed by atoms with Crippen molar-refractivity contribution in [3.05, 3.63) is 47.1 Å². The van der Waals surface area contributed by atoms with Gasteiger partial charge in [-0.15, -0.1) is 0 Å². The number of nitrogens with zero attached hydrogens (tertiary/aromatic N) is 3. The predicted octanol–water partition coefficient (Wildman–Crippen LogP) is 2.32. The van der Waals surface area contributed by atoms with E-state index in [1.807, 2.05) is 36.1 Å². The fourth-order valence-electron chi connectivity index (χ4n) is 3.19. The van der Waals surface area contributed by atoms with Gasteiger partial charge in [0.15, 0.2) is 5.82 Å². The molecular weight excluding hydrogens is 346 g/mol. The van der Waals surface area contributed by atoms with Gasteiger partial charge in [0, 0.05) is 26.6 Å². The van der Waals surface area contributed by atoms with Crippen LogP contribution in [-0.2, 0) is 33.7 Å². The lowest BCUT2D eigenvalue weighted by atomic mass is 10.0. The number of benzene rings is 1. The number of likely N-dealkylation sites (tertiary alicyclic amines) is 1. The summed E-state index contributed by atoms with van der Waals surface area (Å²) in [5.74, 6) is 1.30. The van der Waals surface area contributed by atoms with Crippen LogP contribution >= 0.6 is 0 Å². The van der Waals surface area contributed by atoms with E-state index in [4.69, 9.17) is 14.0 Å². The van der Waals surface area contributed by atoms with Crippen LogP contribution in [0.15, 0.2) is 28.8 Å². The second-order valence-electron chi connectivity index (χ2n) is 6.84. The molecule has 0 atom stereocenters. The highest BCUT2D eigenvalue weighted by molar-refractivity contribution is 5.79. The first-order valence-electron chi connectivity index (χ1n) is 9.40. The third-order valence-electron chi connectivity index (χ3n) is 4.88. The minimum Gasteiger partial charge on any atom is -0.384 e. The molecule has 0 bridgehead atoms. The molecule has 2 heterocycles. The summed E-state index contributed by atoms with van der Waals surface area (Å²) in [6.07, 6.45) is 2.85. The van der Waals surface area contributed by atoms with Crippen LogP contribution in [0.4, 0.5) is 0 Å². The van der Waals surface area contributed by atoms with E-state index in [1.165, 1.54) is 0 Å². The minimum absolute atomic E-state index is 0.113. The maximum absolute atomic E-state index is 12.5. The van der Waals surface area contributed by atoms with Gasteiger partial charge >= 0.3 is 0 Å². The van der Waals surface area contributed by atoms with E-state index in [1.54, 1.807) is 7.11 Å². The van der Waals surface area contributed by atoms with E-state index in [-0.39, 0.29) is 12.0 Å². The summed E-state index contributed by atoms with van der Waals surface area (Å²) in [7, 11) is 1.64. The van der Waals surface area contributed by atoms with Gasteiger partial charge in [-0.2, -0.15) is 4.98 Å². The molecule has 3 rings (SSSR count). The number of piperidine rings is 1. The van der Waals surface area contributed by atoms with Crippen molar-refractivity contribution in [2.45, 2.75) is 45.3 Å². The van der Waals surface area contributed by atoms with Crippen LogP contribution in [0.25, 0.3) is 0 Å². The number of carbonyl (C=O) groups is 1. The molecule has 0 spiro atoms. The Bertz CT molecular complexity index is 738. The van der Waals surface area contributed by atoms with Gasteiger partial charge in [0.25, 0.3) is 5.89 Å². The highest BCUT2D eigenvalue weighted by atomic mass is 16.5. The number of hydrogen-bond acceptors (Lipinski definition) is 6. The van der Waals surface area contributed by atoms with Crippen molar-refractivity contribution in [2.75, 3.05) is 26.8 Å². The summed E-state index contributed by atoms with van der Waals surface area (Å²) in [6.45, 7) is 4.36. The fourth-order valence-corrected chi connectivity index (χ4v) is 3.19. The lowest BCUT2D eigenvalue weighted by Crippen LogP contribution is -2.41. The molecule has 146 valence electrons. The topological polar surface area (TPSA) is 77.7 Å². The first-order valence-corrected chi connectivity index (χ1v) is 9.40. The second-order valence-corrected chi connectivity index (χ2v) is 6.84. The first kappa shape index (κ1) is 19.5. The Morgan fingerprint density at radius 2 is 2.07 bits per heavy atom. The molecular formula is C20H27N3O4. The fraction of sp³-hybridized carbons (Fsp3) is 0.550. The van der Waals surface area contributed by atoms with Crippen molar-refractivity contribution >= 4 is 5.91 Å². The van der Waals surface area contributed by atoms with E-state index < -0.39 is 0 Å². The number of amides is 1. The third-order valence-corrected chi connectivity index (χ3v) is 4.88. The van der Waals surface area contributed by atoms with Crippen LogP contribution in [0.2, 0.25) is 0 Å². The van der Waals surface area contributed by atoms with E-state index in [9.17, 15) is 4.79 Å². The van der Waals surface area contributed by atoms with Crippen LogP contribution in [0.1, 0.15) is 35.7 Å². The largest absolute Gasteiger partial charge is 0.384 e. The van der Waals surface area contributed by atoms with Crippen LogP contribution in [-0.4, -0.2) is 53.9 Å². The minimum atomic E-state index is 0.113. The Morgan fingerprint density at radius 3 is 2.81 bits per heavy atom. The van der Waals surface area contributed by atoms with Crippen molar-refractivity contribution in [3.8, 4) is 0 Å². The van der Waals surface area contributed by atoms with Crippen LogP contribution in [0.5, 0.6) is 0 Å². The van der Waals surface area contributed by atoms with Crippen LogP contribution in [0.3, 0.4) is 0 Å². The van der Waals surface area contributed by atoms with Crippen molar-refractivity contribution < 1.29 is 18.8 Å². The van der Waals surface area contributed by atoms with Gasteiger partial charge in [0.1, 0.15) is 6.61 Å². The summed E-state index contributed by atoms with van der Waals surface area (Å²) in [5.41, 5.74) is 2.26. The quantitative estimate of drug-likeness (QED) is 0.707. The Balaban J connectivity index is 1.40. The molecule has 7 nitrogen and oxygen atoms in total. The van der Waals surface area contributed by atoms with Gasteiger partial charge in [0.2, 0.25) is 5.91 Å². The van der Waals surface area contributed by atoms with Crippen molar-refractivity contribution in [1.82, 2.24) is 15.0 Å². The number of hydrogen-bond donors (Lipinski definition) is 0. The molecule has 1 amide bonds. The maximum Gasteiger partial charge on any atom is 0.252 e. The number of rotatable bonds is 8. The number of methoxy groups -OCH3 is 1. The predicted molar refractivity (Wildman–Crippen MR) is 99.2 cm³/mol. The number of carbonyl (C=O) groups excluding carboxylic acids is 1. The molecule has 1 saturated heterocycles. The normalized spacial score (nSPS) is 15.3. The van der Waals surface area contributed by atoms with E-state index in [0.29, 0.717) is 37.8 Å². The van der Waals surface area contributed by atoms with Crippen LogP contribution < -0.4 is 0 Å². The molecule has 1 fully saturated rings. The van der Waals surface area contributed by atoms with Gasteiger partial charge in [-0.25, -0.2) is 0 Å². The molecule has 1 aromatic heterocycles. The Kier molecular flexibility index (Phi) is 6.95. The molecule has 27 heavy (non-hydrogen) atoms. The van der Waals surface area contributed by atoms with Gasteiger partial charge in [0.05, 0.1) is 19.1 Å². The zero-order chi connectivity index (χ0) is 19.1. The summed E-state index contributed by atoms with van der Waals surface area (Å²) in [6, 6.07) is 8.04. The molecule has 1 aliphatic rings. The van der Waals surface area contributed by atoms with E-state index in [0.717, 1.165) is 37.1 Å². The molecule has 1 aliphatic heterocycles. The zero-order valence-corrected chi connectivity index (χ0v) is 16.0. The van der Waals surface area contributed by atoms with Crippen molar-refractivity contribution in [2.24, 2.45) is 0 Å². The maximum atomic E-state index is 12.5. The molecule has 2 aromatic rings.